The first-order valence-electron chi connectivity index (χ1n) is 9.64. The second-order valence-electron chi connectivity index (χ2n) is 6.77. The minimum Gasteiger partial charge on any atom is -0.497 e. The first kappa shape index (κ1) is 23.1. The highest BCUT2D eigenvalue weighted by Crippen LogP contribution is 2.30. The van der Waals surface area contributed by atoms with Crippen LogP contribution in [0.1, 0.15) is 0 Å². The third-order valence-corrected chi connectivity index (χ3v) is 6.37. The van der Waals surface area contributed by atoms with Crippen LogP contribution in [0.15, 0.2) is 77.7 Å². The van der Waals surface area contributed by atoms with Crippen molar-refractivity contribution in [3.05, 3.63) is 72.8 Å². The minimum absolute atomic E-state index is 0.0861. The molecule has 8 nitrogen and oxygen atoms in total. The van der Waals surface area contributed by atoms with Crippen molar-refractivity contribution in [2.45, 2.75) is 4.90 Å². The third-order valence-electron chi connectivity index (χ3n) is 4.54. The predicted octanol–water partition coefficient (Wildman–Crippen LogP) is 3.76. The number of anilines is 1. The van der Waals surface area contributed by atoms with Gasteiger partial charge in [-0.1, -0.05) is 18.2 Å². The van der Waals surface area contributed by atoms with Gasteiger partial charge in [-0.2, -0.15) is 4.31 Å². The molecule has 3 rings (SSSR count). The number of benzene rings is 3. The Labute approximate surface area is 187 Å². The molecule has 0 heterocycles. The van der Waals surface area contributed by atoms with E-state index in [2.05, 4.69) is 5.32 Å². The number of hydrogen-bond acceptors (Lipinski definition) is 6. The lowest BCUT2D eigenvalue weighted by atomic mass is 10.3. The average molecular weight is 457 g/mol. The fraction of sp³-hybridized carbons (Fsp3) is 0.174. The van der Waals surface area contributed by atoms with Gasteiger partial charge in [0.1, 0.15) is 27.9 Å². The van der Waals surface area contributed by atoms with Gasteiger partial charge in [0.05, 0.1) is 20.8 Å². The van der Waals surface area contributed by atoms with Crippen molar-refractivity contribution in [1.29, 1.82) is 0 Å². The standard InChI is InChI=1S/C23H24N2O6S/c1-25(32(27,28)22-15-20(29-2)13-14-21(22)30-3)16-23(26)24-17-9-11-19(12-10-17)31-18-7-5-4-6-8-18/h4-15H,16H2,1-3H3,(H,24,26). The zero-order valence-corrected chi connectivity index (χ0v) is 18.8. The number of methoxy groups -OCH3 is 2. The van der Waals surface area contributed by atoms with Crippen molar-refractivity contribution in [1.82, 2.24) is 4.31 Å². The molecule has 0 spiro atoms. The summed E-state index contributed by atoms with van der Waals surface area (Å²) in [5.41, 5.74) is 0.514. The lowest BCUT2D eigenvalue weighted by Gasteiger charge is -2.19. The Balaban J connectivity index is 1.65. The fourth-order valence-electron chi connectivity index (χ4n) is 2.87. The number of likely N-dealkylation sites (N-methyl/N-ethyl adjacent to an activating group) is 1. The van der Waals surface area contributed by atoms with Crippen molar-refractivity contribution in [3.63, 3.8) is 0 Å². The third kappa shape index (κ3) is 5.57. The number of hydrogen-bond donors (Lipinski definition) is 1. The second kappa shape index (κ2) is 10.2. The molecule has 1 amide bonds. The molecule has 0 atom stereocenters. The van der Waals surface area contributed by atoms with Crippen molar-refractivity contribution in [2.75, 3.05) is 33.1 Å². The molecule has 0 fully saturated rings. The van der Waals surface area contributed by atoms with Gasteiger partial charge in [-0.25, -0.2) is 8.42 Å². The summed E-state index contributed by atoms with van der Waals surface area (Å²) in [7, 11) is 0.138. The molecule has 3 aromatic carbocycles. The van der Waals surface area contributed by atoms with Gasteiger partial charge < -0.3 is 19.5 Å². The number of nitrogens with one attached hydrogen (secondary N) is 1. The van der Waals surface area contributed by atoms with E-state index in [0.717, 1.165) is 4.31 Å². The highest BCUT2D eigenvalue weighted by Gasteiger charge is 2.27. The first-order valence-corrected chi connectivity index (χ1v) is 11.1. The maximum atomic E-state index is 13.0. The molecule has 1 N–H and O–H groups in total. The Bertz CT molecular complexity index is 1160. The molecule has 168 valence electrons. The van der Waals surface area contributed by atoms with Crippen molar-refractivity contribution in [3.8, 4) is 23.0 Å². The summed E-state index contributed by atoms with van der Waals surface area (Å²) in [6.45, 7) is -0.384. The summed E-state index contributed by atoms with van der Waals surface area (Å²) in [6, 6.07) is 20.5. The second-order valence-corrected chi connectivity index (χ2v) is 8.78. The molecule has 32 heavy (non-hydrogen) atoms. The summed E-state index contributed by atoms with van der Waals surface area (Å²) in [4.78, 5) is 12.4. The molecular formula is C23H24N2O6S. The van der Waals surface area contributed by atoms with E-state index in [0.29, 0.717) is 22.9 Å². The van der Waals surface area contributed by atoms with Gasteiger partial charge >= 0.3 is 0 Å². The Morgan fingerprint density at radius 2 is 1.50 bits per heavy atom. The number of para-hydroxylation sites is 1. The molecule has 9 heteroatoms. The minimum atomic E-state index is -4.00. The maximum Gasteiger partial charge on any atom is 0.247 e. The molecule has 0 aliphatic carbocycles. The van der Waals surface area contributed by atoms with Crippen LogP contribution in [0.2, 0.25) is 0 Å². The number of carbonyl (C=O) groups is 1. The summed E-state index contributed by atoms with van der Waals surface area (Å²) in [6.07, 6.45) is 0. The molecule has 0 radical (unpaired) electrons. The quantitative estimate of drug-likeness (QED) is 0.527. The lowest BCUT2D eigenvalue weighted by molar-refractivity contribution is -0.116. The molecule has 0 bridgehead atoms. The van der Waals surface area contributed by atoms with Crippen molar-refractivity contribution in [2.24, 2.45) is 0 Å². The Morgan fingerprint density at radius 3 is 2.12 bits per heavy atom. The summed E-state index contributed by atoms with van der Waals surface area (Å²) in [5.74, 6) is 1.34. The number of rotatable bonds is 9. The monoisotopic (exact) mass is 456 g/mol. The zero-order chi connectivity index (χ0) is 23.1. The summed E-state index contributed by atoms with van der Waals surface area (Å²) in [5, 5.41) is 2.68. The van der Waals surface area contributed by atoms with Crippen LogP contribution >= 0.6 is 0 Å². The first-order chi connectivity index (χ1) is 15.3. The fourth-order valence-corrected chi connectivity index (χ4v) is 4.17. The lowest BCUT2D eigenvalue weighted by Crippen LogP contribution is -2.35. The van der Waals surface area contributed by atoms with Crippen LogP contribution in [-0.2, 0) is 14.8 Å². The molecule has 0 saturated carbocycles. The van der Waals surface area contributed by atoms with E-state index < -0.39 is 15.9 Å². The SMILES string of the molecule is COc1ccc(OC)c(S(=O)(=O)N(C)CC(=O)Nc2ccc(Oc3ccccc3)cc2)c1. The number of sulfonamides is 1. The Hall–Kier alpha value is -3.56. The predicted molar refractivity (Wildman–Crippen MR) is 121 cm³/mol. The molecule has 0 saturated heterocycles. The summed E-state index contributed by atoms with van der Waals surface area (Å²) >= 11 is 0. The zero-order valence-electron chi connectivity index (χ0n) is 17.9. The van der Waals surface area contributed by atoms with Gasteiger partial charge in [-0.05, 0) is 48.5 Å². The highest BCUT2D eigenvalue weighted by atomic mass is 32.2. The molecule has 0 unspecified atom stereocenters. The van der Waals surface area contributed by atoms with Crippen molar-refractivity contribution < 1.29 is 27.4 Å². The van der Waals surface area contributed by atoms with Gasteiger partial charge in [-0.15, -0.1) is 0 Å². The maximum absolute atomic E-state index is 13.0. The highest BCUT2D eigenvalue weighted by molar-refractivity contribution is 7.89. The number of amides is 1. The molecule has 0 aromatic heterocycles. The number of nitrogens with zero attached hydrogens (tertiary/aromatic N) is 1. The van der Waals surface area contributed by atoms with Crippen LogP contribution in [0, 0.1) is 0 Å². The average Bonchev–Trinajstić information content (AvgIpc) is 2.80. The van der Waals surface area contributed by atoms with Gasteiger partial charge in [0.2, 0.25) is 15.9 Å². The van der Waals surface area contributed by atoms with Gasteiger partial charge in [0.25, 0.3) is 0 Å². The molecule has 3 aromatic rings. The molecule has 0 aliphatic rings. The van der Waals surface area contributed by atoms with E-state index >= 15 is 0 Å². The Morgan fingerprint density at radius 1 is 0.875 bits per heavy atom. The van der Waals surface area contributed by atoms with E-state index in [1.807, 2.05) is 30.3 Å². The molecular weight excluding hydrogens is 432 g/mol. The van der Waals surface area contributed by atoms with Gasteiger partial charge in [0.15, 0.2) is 0 Å². The number of ether oxygens (including phenoxy) is 3. The normalized spacial score (nSPS) is 11.1. The van der Waals surface area contributed by atoms with Crippen LogP contribution in [0.5, 0.6) is 23.0 Å². The van der Waals surface area contributed by atoms with Crippen LogP contribution < -0.4 is 19.5 Å². The van der Waals surface area contributed by atoms with Crippen LogP contribution in [-0.4, -0.2) is 46.4 Å². The number of carbonyl (C=O) groups excluding carboxylic acids is 1. The van der Waals surface area contributed by atoms with Gasteiger partial charge in [0, 0.05) is 18.8 Å². The van der Waals surface area contributed by atoms with E-state index in [1.165, 1.54) is 33.4 Å². The van der Waals surface area contributed by atoms with Crippen LogP contribution in [0.4, 0.5) is 5.69 Å². The van der Waals surface area contributed by atoms with E-state index in [4.69, 9.17) is 14.2 Å². The van der Waals surface area contributed by atoms with E-state index in [-0.39, 0.29) is 17.2 Å². The summed E-state index contributed by atoms with van der Waals surface area (Å²) < 4.78 is 42.9. The van der Waals surface area contributed by atoms with E-state index in [1.54, 1.807) is 30.3 Å². The van der Waals surface area contributed by atoms with E-state index in [9.17, 15) is 13.2 Å². The van der Waals surface area contributed by atoms with Crippen molar-refractivity contribution >= 4 is 21.6 Å². The molecule has 0 aliphatic heterocycles. The van der Waals surface area contributed by atoms with Crippen LogP contribution in [0.3, 0.4) is 0 Å². The largest absolute Gasteiger partial charge is 0.497 e. The van der Waals surface area contributed by atoms with Gasteiger partial charge in [-0.3, -0.25) is 4.79 Å². The smallest absolute Gasteiger partial charge is 0.247 e. The Kier molecular flexibility index (Phi) is 7.34. The topological polar surface area (TPSA) is 94.2 Å². The van der Waals surface area contributed by atoms with Crippen LogP contribution in [0.25, 0.3) is 0 Å².